The molecule has 0 aliphatic heterocycles. The van der Waals surface area contributed by atoms with Gasteiger partial charge in [-0.25, -0.2) is 4.79 Å². The molecule has 0 spiro atoms. The second kappa shape index (κ2) is 7.68. The SMILES string of the molecule is COc1cc(Nc2ccc3ccccc3c2N)ccc1OC(=O)NC(C)(C)C. The highest BCUT2D eigenvalue weighted by atomic mass is 16.6. The Labute approximate surface area is 164 Å². The van der Waals surface area contributed by atoms with Crippen LogP contribution >= 0.6 is 0 Å². The van der Waals surface area contributed by atoms with Crippen molar-refractivity contribution in [3.05, 3.63) is 54.6 Å². The quantitative estimate of drug-likeness (QED) is 0.552. The zero-order valence-electron chi connectivity index (χ0n) is 16.5. The highest BCUT2D eigenvalue weighted by molar-refractivity contribution is 5.99. The molecule has 0 aromatic heterocycles. The van der Waals surface area contributed by atoms with Crippen LogP contribution in [0.25, 0.3) is 10.8 Å². The van der Waals surface area contributed by atoms with Gasteiger partial charge < -0.3 is 25.8 Å². The number of carbonyl (C=O) groups excluding carboxylic acids is 1. The van der Waals surface area contributed by atoms with E-state index < -0.39 is 6.09 Å². The lowest BCUT2D eigenvalue weighted by molar-refractivity contribution is 0.188. The molecule has 0 heterocycles. The van der Waals surface area contributed by atoms with Crippen molar-refractivity contribution in [3.63, 3.8) is 0 Å². The summed E-state index contributed by atoms with van der Waals surface area (Å²) in [6, 6.07) is 17.1. The van der Waals surface area contributed by atoms with Gasteiger partial charge in [0.1, 0.15) is 0 Å². The zero-order valence-corrected chi connectivity index (χ0v) is 16.5. The smallest absolute Gasteiger partial charge is 0.413 e. The molecule has 0 bridgehead atoms. The van der Waals surface area contributed by atoms with Crippen LogP contribution < -0.4 is 25.8 Å². The van der Waals surface area contributed by atoms with Crippen LogP contribution in [0.2, 0.25) is 0 Å². The van der Waals surface area contributed by atoms with Crippen LogP contribution in [0, 0.1) is 0 Å². The number of nitrogens with one attached hydrogen (secondary N) is 2. The molecule has 0 saturated carbocycles. The number of anilines is 3. The molecule has 3 aromatic rings. The number of nitrogens with two attached hydrogens (primary N) is 1. The second-order valence-electron chi connectivity index (χ2n) is 7.50. The topological polar surface area (TPSA) is 85.6 Å². The summed E-state index contributed by atoms with van der Waals surface area (Å²) in [6.45, 7) is 5.64. The first-order chi connectivity index (χ1) is 13.3. The third kappa shape index (κ3) is 4.46. The largest absolute Gasteiger partial charge is 0.493 e. The predicted molar refractivity (Wildman–Crippen MR) is 114 cm³/mol. The molecule has 0 fully saturated rings. The number of nitrogen functional groups attached to an aromatic ring is 1. The van der Waals surface area contributed by atoms with E-state index in [4.69, 9.17) is 15.2 Å². The highest BCUT2D eigenvalue weighted by Gasteiger charge is 2.17. The molecule has 146 valence electrons. The molecule has 0 saturated heterocycles. The van der Waals surface area contributed by atoms with Crippen molar-refractivity contribution in [2.24, 2.45) is 0 Å². The third-order valence-electron chi connectivity index (χ3n) is 4.09. The van der Waals surface area contributed by atoms with Gasteiger partial charge >= 0.3 is 6.09 Å². The summed E-state index contributed by atoms with van der Waals surface area (Å²) in [5.41, 5.74) is 8.16. The molecule has 0 atom stereocenters. The molecule has 6 heteroatoms. The van der Waals surface area contributed by atoms with Crippen LogP contribution in [0.3, 0.4) is 0 Å². The third-order valence-corrected chi connectivity index (χ3v) is 4.09. The minimum atomic E-state index is -0.537. The number of benzene rings is 3. The maximum Gasteiger partial charge on any atom is 0.413 e. The Bertz CT molecular complexity index is 1010. The summed E-state index contributed by atoms with van der Waals surface area (Å²) in [7, 11) is 1.53. The molecular weight excluding hydrogens is 354 g/mol. The molecule has 0 aliphatic rings. The Morgan fingerprint density at radius 1 is 1.00 bits per heavy atom. The lowest BCUT2D eigenvalue weighted by Crippen LogP contribution is -2.42. The van der Waals surface area contributed by atoms with E-state index in [1.807, 2.05) is 57.2 Å². The lowest BCUT2D eigenvalue weighted by Gasteiger charge is -2.20. The summed E-state index contributed by atoms with van der Waals surface area (Å²) in [5.74, 6) is 0.773. The molecular formula is C22H25N3O3. The van der Waals surface area contributed by atoms with Crippen molar-refractivity contribution in [1.82, 2.24) is 5.32 Å². The van der Waals surface area contributed by atoms with E-state index in [0.717, 1.165) is 22.1 Å². The summed E-state index contributed by atoms with van der Waals surface area (Å²) >= 11 is 0. The van der Waals surface area contributed by atoms with Gasteiger partial charge in [-0.1, -0.05) is 30.3 Å². The first-order valence-corrected chi connectivity index (χ1v) is 8.99. The number of methoxy groups -OCH3 is 1. The van der Waals surface area contributed by atoms with Gasteiger partial charge in [0.15, 0.2) is 11.5 Å². The number of amides is 1. The average molecular weight is 379 g/mol. The highest BCUT2D eigenvalue weighted by Crippen LogP contribution is 2.34. The van der Waals surface area contributed by atoms with Crippen molar-refractivity contribution in [3.8, 4) is 11.5 Å². The predicted octanol–water partition coefficient (Wildman–Crippen LogP) is 5.06. The molecule has 4 N–H and O–H groups in total. The lowest BCUT2D eigenvalue weighted by atomic mass is 10.1. The van der Waals surface area contributed by atoms with Gasteiger partial charge in [-0.3, -0.25) is 0 Å². The second-order valence-corrected chi connectivity index (χ2v) is 7.50. The van der Waals surface area contributed by atoms with Gasteiger partial charge in [0.05, 0.1) is 18.5 Å². The van der Waals surface area contributed by atoms with Crippen molar-refractivity contribution < 1.29 is 14.3 Å². The Kier molecular flexibility index (Phi) is 5.31. The van der Waals surface area contributed by atoms with Crippen LogP contribution in [0.4, 0.5) is 21.9 Å². The molecule has 1 amide bonds. The van der Waals surface area contributed by atoms with E-state index in [2.05, 4.69) is 10.6 Å². The summed E-state index contributed by atoms with van der Waals surface area (Å²) in [4.78, 5) is 12.0. The Balaban J connectivity index is 1.82. The maximum absolute atomic E-state index is 12.0. The van der Waals surface area contributed by atoms with Crippen LogP contribution in [0.1, 0.15) is 20.8 Å². The molecule has 28 heavy (non-hydrogen) atoms. The monoisotopic (exact) mass is 379 g/mol. The number of carbonyl (C=O) groups is 1. The van der Waals surface area contributed by atoms with Crippen LogP contribution in [0.5, 0.6) is 11.5 Å². The summed E-state index contributed by atoms with van der Waals surface area (Å²) in [6.07, 6.45) is -0.537. The fraction of sp³-hybridized carbons (Fsp3) is 0.227. The molecule has 3 aromatic carbocycles. The summed E-state index contributed by atoms with van der Waals surface area (Å²) in [5, 5.41) is 8.11. The molecule has 6 nitrogen and oxygen atoms in total. The fourth-order valence-electron chi connectivity index (χ4n) is 2.82. The van der Waals surface area contributed by atoms with Crippen molar-refractivity contribution >= 4 is 33.9 Å². The van der Waals surface area contributed by atoms with E-state index in [1.54, 1.807) is 18.2 Å². The molecule has 0 unspecified atom stereocenters. The van der Waals surface area contributed by atoms with Crippen LogP contribution in [0.15, 0.2) is 54.6 Å². The van der Waals surface area contributed by atoms with Gasteiger partial charge in [-0.15, -0.1) is 0 Å². The summed E-state index contributed by atoms with van der Waals surface area (Å²) < 4.78 is 10.8. The normalized spacial score (nSPS) is 11.1. The van der Waals surface area contributed by atoms with Crippen molar-refractivity contribution in [2.75, 3.05) is 18.2 Å². The zero-order chi connectivity index (χ0) is 20.3. The van der Waals surface area contributed by atoms with Gasteiger partial charge in [-0.05, 0) is 44.4 Å². The Morgan fingerprint density at radius 3 is 2.46 bits per heavy atom. The van der Waals surface area contributed by atoms with Gasteiger partial charge in [0.2, 0.25) is 0 Å². The molecule has 0 aliphatic carbocycles. The maximum atomic E-state index is 12.0. The number of hydrogen-bond acceptors (Lipinski definition) is 5. The number of rotatable bonds is 4. The van der Waals surface area contributed by atoms with E-state index >= 15 is 0 Å². The van der Waals surface area contributed by atoms with Crippen molar-refractivity contribution in [2.45, 2.75) is 26.3 Å². The number of hydrogen-bond donors (Lipinski definition) is 3. The average Bonchev–Trinajstić information content (AvgIpc) is 2.64. The first kappa shape index (κ1) is 19.4. The van der Waals surface area contributed by atoms with Gasteiger partial charge in [0.25, 0.3) is 0 Å². The first-order valence-electron chi connectivity index (χ1n) is 8.99. The molecule has 0 radical (unpaired) electrons. The van der Waals surface area contributed by atoms with E-state index in [0.29, 0.717) is 17.2 Å². The van der Waals surface area contributed by atoms with Crippen molar-refractivity contribution in [1.29, 1.82) is 0 Å². The van der Waals surface area contributed by atoms with E-state index in [1.165, 1.54) is 7.11 Å². The molecule has 3 rings (SSSR count). The van der Waals surface area contributed by atoms with Gasteiger partial charge in [0, 0.05) is 22.7 Å². The standard InChI is InChI=1S/C22H25N3O3/c1-22(2,3)25-21(26)28-18-12-10-15(13-19(18)27-4)24-17-11-9-14-7-5-6-8-16(14)20(17)23/h5-13,24H,23H2,1-4H3,(H,25,26). The van der Waals surface area contributed by atoms with E-state index in [-0.39, 0.29) is 5.54 Å². The van der Waals surface area contributed by atoms with Crippen LogP contribution in [-0.4, -0.2) is 18.7 Å². The Morgan fingerprint density at radius 2 is 1.75 bits per heavy atom. The minimum Gasteiger partial charge on any atom is -0.493 e. The van der Waals surface area contributed by atoms with Gasteiger partial charge in [-0.2, -0.15) is 0 Å². The van der Waals surface area contributed by atoms with Crippen LogP contribution in [-0.2, 0) is 0 Å². The number of ether oxygens (including phenoxy) is 2. The minimum absolute atomic E-state index is 0.335. The number of fused-ring (bicyclic) bond motifs is 1. The Hall–Kier alpha value is -3.41. The van der Waals surface area contributed by atoms with E-state index in [9.17, 15) is 4.79 Å². The fourth-order valence-corrected chi connectivity index (χ4v) is 2.82.